The number of anilines is 1. The van der Waals surface area contributed by atoms with Crippen LogP contribution in [-0.2, 0) is 4.74 Å². The van der Waals surface area contributed by atoms with Gasteiger partial charge in [0.2, 0.25) is 0 Å². The Balaban J connectivity index is 0.00000242. The molecule has 1 amide bonds. The Morgan fingerprint density at radius 1 is 1.41 bits per heavy atom. The summed E-state index contributed by atoms with van der Waals surface area (Å²) in [7, 11) is 0. The molecule has 0 spiro atoms. The van der Waals surface area contributed by atoms with E-state index < -0.39 is 0 Å². The van der Waals surface area contributed by atoms with Crippen LogP contribution in [0.3, 0.4) is 0 Å². The van der Waals surface area contributed by atoms with Gasteiger partial charge in [-0.1, -0.05) is 26.8 Å². The molecule has 0 radical (unpaired) electrons. The van der Waals surface area contributed by atoms with E-state index in [2.05, 4.69) is 26.1 Å². The van der Waals surface area contributed by atoms with Crippen molar-refractivity contribution in [3.05, 3.63) is 29.8 Å². The van der Waals surface area contributed by atoms with E-state index in [4.69, 9.17) is 10.5 Å². The average molecular weight is 327 g/mol. The van der Waals surface area contributed by atoms with Gasteiger partial charge in [0.15, 0.2) is 0 Å². The maximum absolute atomic E-state index is 12.2. The van der Waals surface area contributed by atoms with Gasteiger partial charge in [-0.3, -0.25) is 4.79 Å². The Morgan fingerprint density at radius 2 is 2.14 bits per heavy atom. The van der Waals surface area contributed by atoms with Gasteiger partial charge in [0.05, 0.1) is 6.10 Å². The monoisotopic (exact) mass is 326 g/mol. The summed E-state index contributed by atoms with van der Waals surface area (Å²) < 4.78 is 5.94. The number of benzene rings is 1. The Kier molecular flexibility index (Phi) is 6.69. The van der Waals surface area contributed by atoms with E-state index in [0.29, 0.717) is 23.7 Å². The molecule has 22 heavy (non-hydrogen) atoms. The van der Waals surface area contributed by atoms with Crippen molar-refractivity contribution in [3.63, 3.8) is 0 Å². The minimum Gasteiger partial charge on any atom is -0.399 e. The largest absolute Gasteiger partial charge is 0.399 e. The fourth-order valence-electron chi connectivity index (χ4n) is 3.02. The molecule has 2 unspecified atom stereocenters. The summed E-state index contributed by atoms with van der Waals surface area (Å²) in [6.07, 6.45) is 2.34. The lowest BCUT2D eigenvalue weighted by Gasteiger charge is -2.40. The highest BCUT2D eigenvalue weighted by Crippen LogP contribution is 2.33. The summed E-state index contributed by atoms with van der Waals surface area (Å²) in [5, 5.41) is 3.02. The third kappa shape index (κ3) is 4.89. The van der Waals surface area contributed by atoms with Crippen molar-refractivity contribution >= 4 is 24.0 Å². The lowest BCUT2D eigenvalue weighted by atomic mass is 9.78. The third-order valence-corrected chi connectivity index (χ3v) is 3.97. The number of carbonyl (C=O) groups excluding carboxylic acids is 1. The molecule has 2 rings (SSSR count). The summed E-state index contributed by atoms with van der Waals surface area (Å²) in [5.74, 6) is 0.296. The summed E-state index contributed by atoms with van der Waals surface area (Å²) in [4.78, 5) is 12.2. The average Bonchev–Trinajstić information content (AvgIpc) is 2.44. The normalized spacial score (nSPS) is 21.8. The number of carbonyl (C=O) groups is 1. The Hall–Kier alpha value is -1.26. The third-order valence-electron chi connectivity index (χ3n) is 3.97. The van der Waals surface area contributed by atoms with Gasteiger partial charge in [0.1, 0.15) is 0 Å². The number of ether oxygens (including phenoxy) is 1. The number of nitrogen functional groups attached to an aromatic ring is 1. The molecule has 0 bridgehead atoms. The van der Waals surface area contributed by atoms with E-state index >= 15 is 0 Å². The van der Waals surface area contributed by atoms with Crippen molar-refractivity contribution < 1.29 is 9.53 Å². The van der Waals surface area contributed by atoms with Crippen LogP contribution < -0.4 is 11.1 Å². The van der Waals surface area contributed by atoms with E-state index in [1.54, 1.807) is 24.3 Å². The molecule has 124 valence electrons. The molecular formula is C17H27ClN2O2. The second kappa shape index (κ2) is 7.84. The van der Waals surface area contributed by atoms with Crippen molar-refractivity contribution in [3.8, 4) is 0 Å². The van der Waals surface area contributed by atoms with Gasteiger partial charge in [0, 0.05) is 30.3 Å². The molecule has 5 heteroatoms. The quantitative estimate of drug-likeness (QED) is 0.838. The Bertz CT molecular complexity index is 500. The van der Waals surface area contributed by atoms with Gasteiger partial charge in [-0.2, -0.15) is 0 Å². The van der Waals surface area contributed by atoms with Crippen LogP contribution in [-0.4, -0.2) is 25.2 Å². The van der Waals surface area contributed by atoms with Crippen LogP contribution in [0.2, 0.25) is 0 Å². The maximum atomic E-state index is 12.2. The second-order valence-electron chi connectivity index (χ2n) is 6.90. The predicted octanol–water partition coefficient (Wildman–Crippen LogP) is 3.26. The zero-order chi connectivity index (χ0) is 15.5. The number of amides is 1. The number of rotatable bonds is 3. The smallest absolute Gasteiger partial charge is 0.251 e. The van der Waals surface area contributed by atoms with E-state index in [9.17, 15) is 4.79 Å². The highest BCUT2D eigenvalue weighted by molar-refractivity contribution is 5.94. The SMILES string of the molecule is CC(C)(C)C1OCCCC1CNC(=O)c1cccc(N)c1.Cl. The summed E-state index contributed by atoms with van der Waals surface area (Å²) in [6, 6.07) is 7.06. The molecule has 1 aliphatic heterocycles. The zero-order valence-corrected chi connectivity index (χ0v) is 14.4. The van der Waals surface area contributed by atoms with Crippen LogP contribution in [0.5, 0.6) is 0 Å². The molecule has 1 aromatic carbocycles. The van der Waals surface area contributed by atoms with Crippen molar-refractivity contribution in [2.24, 2.45) is 11.3 Å². The fourth-order valence-corrected chi connectivity index (χ4v) is 3.02. The Morgan fingerprint density at radius 3 is 2.77 bits per heavy atom. The molecule has 1 heterocycles. The van der Waals surface area contributed by atoms with Crippen LogP contribution >= 0.6 is 12.4 Å². The van der Waals surface area contributed by atoms with Crippen molar-refractivity contribution in [1.82, 2.24) is 5.32 Å². The van der Waals surface area contributed by atoms with Crippen molar-refractivity contribution in [2.45, 2.75) is 39.7 Å². The molecule has 4 nitrogen and oxygen atoms in total. The lowest BCUT2D eigenvalue weighted by Crippen LogP contribution is -2.45. The van der Waals surface area contributed by atoms with Crippen LogP contribution in [0.4, 0.5) is 5.69 Å². The van der Waals surface area contributed by atoms with Crippen LogP contribution in [0.15, 0.2) is 24.3 Å². The van der Waals surface area contributed by atoms with Gasteiger partial charge in [-0.15, -0.1) is 12.4 Å². The highest BCUT2D eigenvalue weighted by Gasteiger charge is 2.35. The summed E-state index contributed by atoms with van der Waals surface area (Å²) in [6.45, 7) is 8.04. The number of nitrogens with two attached hydrogens (primary N) is 1. The molecular weight excluding hydrogens is 300 g/mol. The van der Waals surface area contributed by atoms with Crippen LogP contribution in [0.1, 0.15) is 44.0 Å². The number of nitrogens with one attached hydrogen (secondary N) is 1. The van der Waals surface area contributed by atoms with E-state index in [0.717, 1.165) is 19.4 Å². The predicted molar refractivity (Wildman–Crippen MR) is 92.4 cm³/mol. The summed E-state index contributed by atoms with van der Waals surface area (Å²) >= 11 is 0. The molecule has 0 aliphatic carbocycles. The van der Waals surface area contributed by atoms with Crippen molar-refractivity contribution in [1.29, 1.82) is 0 Å². The number of hydrogen-bond acceptors (Lipinski definition) is 3. The first-order valence-corrected chi connectivity index (χ1v) is 7.63. The lowest BCUT2D eigenvalue weighted by molar-refractivity contribution is -0.0839. The summed E-state index contributed by atoms with van der Waals surface area (Å²) in [5.41, 5.74) is 7.02. The molecule has 0 aromatic heterocycles. The minimum absolute atomic E-state index is 0. The molecule has 0 saturated carbocycles. The standard InChI is InChI=1S/C17H26N2O2.ClH/c1-17(2,3)15-13(7-5-9-21-15)11-19-16(20)12-6-4-8-14(18)10-12;/h4,6,8,10,13,15H,5,7,9,11,18H2,1-3H3,(H,19,20);1H. The van der Waals surface area contributed by atoms with Gasteiger partial charge in [-0.25, -0.2) is 0 Å². The first-order valence-electron chi connectivity index (χ1n) is 7.63. The first-order chi connectivity index (χ1) is 9.88. The van der Waals surface area contributed by atoms with E-state index in [1.165, 1.54) is 0 Å². The van der Waals surface area contributed by atoms with Crippen molar-refractivity contribution in [2.75, 3.05) is 18.9 Å². The second-order valence-corrected chi connectivity index (χ2v) is 6.90. The van der Waals surface area contributed by atoms with Gasteiger partial charge in [-0.05, 0) is 36.5 Å². The number of hydrogen-bond donors (Lipinski definition) is 2. The molecule has 1 aliphatic rings. The maximum Gasteiger partial charge on any atom is 0.251 e. The van der Waals surface area contributed by atoms with E-state index in [1.807, 2.05) is 0 Å². The topological polar surface area (TPSA) is 64.3 Å². The molecule has 3 N–H and O–H groups in total. The number of halogens is 1. The Labute approximate surface area is 139 Å². The van der Waals surface area contributed by atoms with Crippen LogP contribution in [0.25, 0.3) is 0 Å². The van der Waals surface area contributed by atoms with Gasteiger partial charge in [0.25, 0.3) is 5.91 Å². The minimum atomic E-state index is -0.0690. The van der Waals surface area contributed by atoms with E-state index in [-0.39, 0.29) is 29.8 Å². The molecule has 1 aromatic rings. The fraction of sp³-hybridized carbons (Fsp3) is 0.588. The highest BCUT2D eigenvalue weighted by atomic mass is 35.5. The molecule has 2 atom stereocenters. The van der Waals surface area contributed by atoms with Gasteiger partial charge >= 0.3 is 0 Å². The zero-order valence-electron chi connectivity index (χ0n) is 13.6. The van der Waals surface area contributed by atoms with Crippen LogP contribution in [0, 0.1) is 11.3 Å². The first kappa shape index (κ1) is 18.8. The molecule has 1 saturated heterocycles. The molecule has 1 fully saturated rings. The van der Waals surface area contributed by atoms with Gasteiger partial charge < -0.3 is 15.8 Å².